The average molecular weight is 226 g/mol. The number of hydrogen-bond donors (Lipinski definition) is 3. The van der Waals surface area contributed by atoms with Gasteiger partial charge < -0.3 is 15.7 Å². The molecule has 2 aliphatic rings. The lowest BCUT2D eigenvalue weighted by atomic mass is 9.64. The summed E-state index contributed by atoms with van der Waals surface area (Å²) in [6.45, 7) is 5.90. The molecule has 16 heavy (non-hydrogen) atoms. The highest BCUT2D eigenvalue weighted by Crippen LogP contribution is 2.40. The maximum absolute atomic E-state index is 12.0. The summed E-state index contributed by atoms with van der Waals surface area (Å²) in [5.74, 6) is 0.335. The minimum atomic E-state index is -0.272. The molecule has 1 heterocycles. The van der Waals surface area contributed by atoms with Crippen molar-refractivity contribution in [2.45, 2.75) is 45.3 Å². The Kier molecular flexibility index (Phi) is 3.22. The van der Waals surface area contributed by atoms with Crippen molar-refractivity contribution in [2.75, 3.05) is 13.1 Å². The lowest BCUT2D eigenvalue weighted by Gasteiger charge is -2.49. The molecule has 92 valence electrons. The van der Waals surface area contributed by atoms with Crippen LogP contribution in [0.25, 0.3) is 0 Å². The first-order valence-corrected chi connectivity index (χ1v) is 6.21. The summed E-state index contributed by atoms with van der Waals surface area (Å²) in [7, 11) is 0. The predicted molar refractivity (Wildman–Crippen MR) is 61.9 cm³/mol. The van der Waals surface area contributed by atoms with Crippen molar-refractivity contribution in [1.29, 1.82) is 0 Å². The predicted octanol–water partition coefficient (Wildman–Crippen LogP) is 0.262. The highest BCUT2D eigenvalue weighted by molar-refractivity contribution is 5.79. The molecule has 0 bridgehead atoms. The minimum absolute atomic E-state index is 0.143. The SMILES string of the molecule is CC1(C)C(O)CC1NC(=O)C1CCNCC1. The third-order valence-corrected chi connectivity index (χ3v) is 4.24. The molecule has 1 aliphatic carbocycles. The zero-order valence-corrected chi connectivity index (χ0v) is 10.1. The number of aliphatic hydroxyl groups is 1. The van der Waals surface area contributed by atoms with Gasteiger partial charge in [0, 0.05) is 17.4 Å². The first-order chi connectivity index (χ1) is 7.51. The van der Waals surface area contributed by atoms with E-state index >= 15 is 0 Å². The van der Waals surface area contributed by atoms with Crippen LogP contribution in [0.2, 0.25) is 0 Å². The Bertz CT molecular complexity index is 272. The second kappa shape index (κ2) is 4.34. The van der Waals surface area contributed by atoms with Crippen LogP contribution in [-0.2, 0) is 4.79 Å². The largest absolute Gasteiger partial charge is 0.392 e. The van der Waals surface area contributed by atoms with E-state index in [1.807, 2.05) is 13.8 Å². The van der Waals surface area contributed by atoms with Crippen LogP contribution in [0.3, 0.4) is 0 Å². The number of carbonyl (C=O) groups is 1. The molecule has 0 aromatic carbocycles. The van der Waals surface area contributed by atoms with E-state index in [0.717, 1.165) is 25.9 Å². The minimum Gasteiger partial charge on any atom is -0.392 e. The zero-order valence-electron chi connectivity index (χ0n) is 10.1. The van der Waals surface area contributed by atoms with Crippen LogP contribution in [-0.4, -0.2) is 36.2 Å². The molecule has 0 aromatic heterocycles. The molecule has 1 amide bonds. The highest BCUT2D eigenvalue weighted by Gasteiger charge is 2.48. The van der Waals surface area contributed by atoms with Gasteiger partial charge >= 0.3 is 0 Å². The Morgan fingerprint density at radius 3 is 2.50 bits per heavy atom. The van der Waals surface area contributed by atoms with Gasteiger partial charge in [0.05, 0.1) is 6.10 Å². The Labute approximate surface area is 96.8 Å². The third-order valence-electron chi connectivity index (χ3n) is 4.24. The van der Waals surface area contributed by atoms with Crippen LogP contribution in [0, 0.1) is 11.3 Å². The molecule has 2 atom stereocenters. The normalized spacial score (nSPS) is 34.2. The Morgan fingerprint density at radius 2 is 2.00 bits per heavy atom. The summed E-state index contributed by atoms with van der Waals surface area (Å²) in [5, 5.41) is 15.9. The number of hydrogen-bond acceptors (Lipinski definition) is 3. The fourth-order valence-electron chi connectivity index (χ4n) is 2.52. The van der Waals surface area contributed by atoms with Crippen LogP contribution in [0.5, 0.6) is 0 Å². The van der Waals surface area contributed by atoms with E-state index in [-0.39, 0.29) is 29.4 Å². The van der Waals surface area contributed by atoms with Gasteiger partial charge in [-0.15, -0.1) is 0 Å². The van der Waals surface area contributed by atoms with E-state index in [4.69, 9.17) is 0 Å². The second-order valence-corrected chi connectivity index (χ2v) is 5.66. The van der Waals surface area contributed by atoms with E-state index in [1.54, 1.807) is 0 Å². The van der Waals surface area contributed by atoms with E-state index in [2.05, 4.69) is 10.6 Å². The maximum Gasteiger partial charge on any atom is 0.223 e. The molecular formula is C12H22N2O2. The fourth-order valence-corrected chi connectivity index (χ4v) is 2.52. The van der Waals surface area contributed by atoms with Crippen molar-refractivity contribution >= 4 is 5.91 Å². The van der Waals surface area contributed by atoms with Gasteiger partial charge in [-0.3, -0.25) is 4.79 Å². The summed E-state index contributed by atoms with van der Waals surface area (Å²) < 4.78 is 0. The zero-order chi connectivity index (χ0) is 11.8. The van der Waals surface area contributed by atoms with Crippen molar-refractivity contribution in [3.05, 3.63) is 0 Å². The van der Waals surface area contributed by atoms with Crippen LogP contribution >= 0.6 is 0 Å². The lowest BCUT2D eigenvalue weighted by Crippen LogP contribution is -2.62. The standard InChI is InChI=1S/C12H22N2O2/c1-12(2)9(7-10(12)15)14-11(16)8-3-5-13-6-4-8/h8-10,13,15H,3-7H2,1-2H3,(H,14,16). The molecule has 1 saturated carbocycles. The number of aliphatic hydroxyl groups excluding tert-OH is 1. The maximum atomic E-state index is 12.0. The molecular weight excluding hydrogens is 204 g/mol. The molecule has 3 N–H and O–H groups in total. The van der Waals surface area contributed by atoms with Gasteiger partial charge in [-0.1, -0.05) is 13.8 Å². The molecule has 2 rings (SSSR count). The topological polar surface area (TPSA) is 61.4 Å². The summed E-state index contributed by atoms with van der Waals surface area (Å²) in [4.78, 5) is 12.0. The molecule has 4 nitrogen and oxygen atoms in total. The molecule has 1 aliphatic heterocycles. The van der Waals surface area contributed by atoms with Gasteiger partial charge in [-0.05, 0) is 32.4 Å². The smallest absolute Gasteiger partial charge is 0.223 e. The monoisotopic (exact) mass is 226 g/mol. The van der Waals surface area contributed by atoms with Gasteiger partial charge in [0.2, 0.25) is 5.91 Å². The average Bonchev–Trinajstić information content (AvgIpc) is 2.29. The van der Waals surface area contributed by atoms with Crippen molar-refractivity contribution in [3.8, 4) is 0 Å². The first kappa shape index (κ1) is 11.9. The van der Waals surface area contributed by atoms with Crippen LogP contribution in [0.4, 0.5) is 0 Å². The van der Waals surface area contributed by atoms with Gasteiger partial charge in [0.25, 0.3) is 0 Å². The van der Waals surface area contributed by atoms with Crippen molar-refractivity contribution in [3.63, 3.8) is 0 Å². The summed E-state index contributed by atoms with van der Waals surface area (Å²) in [6, 6.07) is 0.143. The Morgan fingerprint density at radius 1 is 1.38 bits per heavy atom. The number of nitrogens with one attached hydrogen (secondary N) is 2. The summed E-state index contributed by atoms with van der Waals surface area (Å²) >= 11 is 0. The van der Waals surface area contributed by atoms with Gasteiger partial charge in [0.15, 0.2) is 0 Å². The summed E-state index contributed by atoms with van der Waals surface area (Å²) in [6.07, 6.45) is 2.29. The molecule has 2 unspecified atom stereocenters. The first-order valence-electron chi connectivity index (χ1n) is 6.21. The summed E-state index contributed by atoms with van der Waals surface area (Å²) in [5.41, 5.74) is -0.164. The highest BCUT2D eigenvalue weighted by atomic mass is 16.3. The second-order valence-electron chi connectivity index (χ2n) is 5.66. The van der Waals surface area contributed by atoms with E-state index in [9.17, 15) is 9.90 Å². The van der Waals surface area contributed by atoms with Crippen molar-refractivity contribution in [2.24, 2.45) is 11.3 Å². The number of amides is 1. The van der Waals surface area contributed by atoms with Crippen molar-refractivity contribution < 1.29 is 9.90 Å². The third kappa shape index (κ3) is 2.09. The van der Waals surface area contributed by atoms with Gasteiger partial charge in [0.1, 0.15) is 0 Å². The Balaban J connectivity index is 1.83. The van der Waals surface area contributed by atoms with Gasteiger partial charge in [-0.25, -0.2) is 0 Å². The molecule has 1 saturated heterocycles. The Hall–Kier alpha value is -0.610. The van der Waals surface area contributed by atoms with Crippen LogP contribution < -0.4 is 10.6 Å². The quantitative estimate of drug-likeness (QED) is 0.633. The fraction of sp³-hybridized carbons (Fsp3) is 0.917. The van der Waals surface area contributed by atoms with Crippen LogP contribution in [0.1, 0.15) is 33.1 Å². The van der Waals surface area contributed by atoms with E-state index in [1.165, 1.54) is 0 Å². The molecule has 4 heteroatoms. The van der Waals surface area contributed by atoms with E-state index < -0.39 is 0 Å². The van der Waals surface area contributed by atoms with E-state index in [0.29, 0.717) is 6.42 Å². The lowest BCUT2D eigenvalue weighted by molar-refractivity contribution is -0.133. The molecule has 0 spiro atoms. The van der Waals surface area contributed by atoms with Crippen LogP contribution in [0.15, 0.2) is 0 Å². The van der Waals surface area contributed by atoms with Crippen molar-refractivity contribution in [1.82, 2.24) is 10.6 Å². The molecule has 0 aromatic rings. The molecule has 0 radical (unpaired) electrons. The molecule has 2 fully saturated rings. The van der Waals surface area contributed by atoms with Gasteiger partial charge in [-0.2, -0.15) is 0 Å². The number of piperidine rings is 1. The number of rotatable bonds is 2. The number of carbonyl (C=O) groups excluding carboxylic acids is 1.